The monoisotopic (exact) mass is 601 g/mol. The average molecular weight is 603 g/mol. The highest BCUT2D eigenvalue weighted by atomic mass is 35.5. The van der Waals surface area contributed by atoms with Crippen LogP contribution in [-0.2, 0) is 17.5 Å². The summed E-state index contributed by atoms with van der Waals surface area (Å²) in [5.74, 6) is -0.494. The molecule has 3 rings (SSSR count). The molecule has 1 aromatic heterocycles. The number of amidine groups is 1. The summed E-state index contributed by atoms with van der Waals surface area (Å²) in [6, 6.07) is 3.10. The van der Waals surface area contributed by atoms with E-state index in [4.69, 9.17) is 23.2 Å². The largest absolute Gasteiger partial charge is 0.417 e. The average Bonchev–Trinajstić information content (AvgIpc) is 3.39. The first-order chi connectivity index (χ1) is 18.5. The Morgan fingerprint density at radius 1 is 1.23 bits per heavy atom. The summed E-state index contributed by atoms with van der Waals surface area (Å²) in [7, 11) is 0. The second-order valence-electron chi connectivity index (χ2n) is 8.68. The number of halogens is 5. The molecule has 0 atom stereocenters. The third kappa shape index (κ3) is 8.55. The zero-order chi connectivity index (χ0) is 28.6. The van der Waals surface area contributed by atoms with E-state index in [0.717, 1.165) is 62.2 Å². The Balaban J connectivity index is 1.66. The van der Waals surface area contributed by atoms with Crippen molar-refractivity contribution in [1.29, 1.82) is 0 Å². The van der Waals surface area contributed by atoms with Crippen LogP contribution >= 0.6 is 34.5 Å². The highest BCUT2D eigenvalue weighted by Crippen LogP contribution is 2.36. The number of piperidine rings is 1. The van der Waals surface area contributed by atoms with Crippen LogP contribution in [0.1, 0.15) is 59.8 Å². The van der Waals surface area contributed by atoms with E-state index >= 15 is 0 Å². The van der Waals surface area contributed by atoms with Crippen molar-refractivity contribution in [1.82, 2.24) is 15.2 Å². The second kappa shape index (κ2) is 14.0. The van der Waals surface area contributed by atoms with Crippen LogP contribution in [0.4, 0.5) is 18.9 Å². The van der Waals surface area contributed by atoms with Crippen molar-refractivity contribution >= 4 is 57.9 Å². The van der Waals surface area contributed by atoms with E-state index in [1.165, 1.54) is 12.3 Å². The molecule has 1 fully saturated rings. The SMILES string of the molecule is CC/C=C/N=C(\C(Cl)=C(/C)C(=O)NCc1ncc(C(=O)Nc2ccc(Cl)c(C(F)(F)F)c2)s1)N1CCCCC1. The predicted molar refractivity (Wildman–Crippen MR) is 149 cm³/mol. The Labute approximate surface area is 238 Å². The van der Waals surface area contributed by atoms with Gasteiger partial charge in [-0.2, -0.15) is 13.2 Å². The van der Waals surface area contributed by atoms with Crippen molar-refractivity contribution in [2.24, 2.45) is 4.99 Å². The number of allylic oxidation sites excluding steroid dienone is 1. The fourth-order valence-corrected chi connectivity index (χ4v) is 4.91. The van der Waals surface area contributed by atoms with Crippen LogP contribution in [0.3, 0.4) is 0 Å². The van der Waals surface area contributed by atoms with E-state index in [0.29, 0.717) is 16.4 Å². The van der Waals surface area contributed by atoms with Gasteiger partial charge in [0.15, 0.2) is 0 Å². The summed E-state index contributed by atoms with van der Waals surface area (Å²) in [5, 5.41) is 5.38. The molecule has 0 radical (unpaired) electrons. The molecule has 7 nitrogen and oxygen atoms in total. The van der Waals surface area contributed by atoms with Gasteiger partial charge in [0.25, 0.3) is 5.91 Å². The molecule has 0 saturated carbocycles. The standard InChI is InChI=1S/C26H28Cl2F3N5O2S/c1-3-4-10-32-23(36-11-6-5-7-12-36)22(28)16(2)24(37)34-15-21-33-14-20(39-21)25(38)35-17-8-9-19(27)18(13-17)26(29,30)31/h4,8-10,13-14H,3,5-7,11-12,15H2,1-2H3,(H,34,37)(H,35,38)/b10-4+,22-16-,32-23+. The van der Waals surface area contributed by atoms with Crippen LogP contribution in [0.25, 0.3) is 0 Å². The molecular formula is C26H28Cl2F3N5O2S. The van der Waals surface area contributed by atoms with E-state index in [1.807, 2.05) is 13.0 Å². The number of hydrogen-bond donors (Lipinski definition) is 2. The topological polar surface area (TPSA) is 86.7 Å². The molecule has 39 heavy (non-hydrogen) atoms. The lowest BCUT2D eigenvalue weighted by atomic mass is 10.1. The summed E-state index contributed by atoms with van der Waals surface area (Å²) < 4.78 is 39.3. The fraction of sp³-hybridized carbons (Fsp3) is 0.385. The van der Waals surface area contributed by atoms with E-state index < -0.39 is 28.6 Å². The molecule has 13 heteroatoms. The number of carbonyl (C=O) groups is 2. The number of benzene rings is 1. The predicted octanol–water partition coefficient (Wildman–Crippen LogP) is 7.00. The van der Waals surface area contributed by atoms with Crippen molar-refractivity contribution in [2.75, 3.05) is 18.4 Å². The lowest BCUT2D eigenvalue weighted by Crippen LogP contribution is -2.37. The molecule has 0 spiro atoms. The Morgan fingerprint density at radius 3 is 2.62 bits per heavy atom. The molecule has 0 aliphatic carbocycles. The maximum absolute atomic E-state index is 13.1. The molecule has 0 unspecified atom stereocenters. The van der Waals surface area contributed by atoms with Gasteiger partial charge in [-0.05, 0) is 50.8 Å². The Hall–Kier alpha value is -2.89. The number of rotatable bonds is 8. The first kappa shape index (κ1) is 30.6. The maximum Gasteiger partial charge on any atom is 0.417 e. The summed E-state index contributed by atoms with van der Waals surface area (Å²) in [4.78, 5) is 36.3. The van der Waals surface area contributed by atoms with Crippen LogP contribution in [0, 0.1) is 0 Å². The van der Waals surface area contributed by atoms with Gasteiger partial charge in [-0.25, -0.2) is 9.98 Å². The molecule has 1 aromatic carbocycles. The zero-order valence-corrected chi connectivity index (χ0v) is 23.7. The van der Waals surface area contributed by atoms with Crippen molar-refractivity contribution in [3.8, 4) is 0 Å². The van der Waals surface area contributed by atoms with Crippen LogP contribution < -0.4 is 10.6 Å². The van der Waals surface area contributed by atoms with Gasteiger partial charge in [-0.1, -0.05) is 36.2 Å². The molecule has 2 heterocycles. The van der Waals surface area contributed by atoms with E-state index in [1.54, 1.807) is 13.1 Å². The van der Waals surface area contributed by atoms with Gasteiger partial charge in [0, 0.05) is 30.5 Å². The number of aromatic nitrogens is 1. The minimum atomic E-state index is -4.66. The number of alkyl halides is 3. The molecule has 210 valence electrons. The second-order valence-corrected chi connectivity index (χ2v) is 10.6. The van der Waals surface area contributed by atoms with Crippen LogP contribution in [-0.4, -0.2) is 40.6 Å². The first-order valence-electron chi connectivity index (χ1n) is 12.3. The quantitative estimate of drug-likeness (QED) is 0.194. The minimum absolute atomic E-state index is 0.0311. The lowest BCUT2D eigenvalue weighted by molar-refractivity contribution is -0.137. The zero-order valence-electron chi connectivity index (χ0n) is 21.4. The number of likely N-dealkylation sites (tertiary alicyclic amines) is 1. The van der Waals surface area contributed by atoms with Crippen LogP contribution in [0.15, 0.2) is 52.3 Å². The van der Waals surface area contributed by atoms with Crippen LogP contribution in [0.2, 0.25) is 5.02 Å². The summed E-state index contributed by atoms with van der Waals surface area (Å²) in [6.07, 6.45) is 4.22. The molecule has 2 aromatic rings. The summed E-state index contributed by atoms with van der Waals surface area (Å²) in [6.45, 7) is 5.26. The van der Waals surface area contributed by atoms with Crippen LogP contribution in [0.5, 0.6) is 0 Å². The fourth-order valence-electron chi connectivity index (χ4n) is 3.68. The van der Waals surface area contributed by atoms with Gasteiger partial charge in [0.1, 0.15) is 15.7 Å². The number of anilines is 1. The highest BCUT2D eigenvalue weighted by Gasteiger charge is 2.33. The van der Waals surface area contributed by atoms with E-state index in [9.17, 15) is 22.8 Å². The number of nitrogens with zero attached hydrogens (tertiary/aromatic N) is 3. The van der Waals surface area contributed by atoms with Gasteiger partial charge >= 0.3 is 6.18 Å². The normalized spacial score (nSPS) is 15.4. The Bertz CT molecular complexity index is 1280. The lowest BCUT2D eigenvalue weighted by Gasteiger charge is -2.29. The number of aliphatic imine (C=N–C) groups is 1. The van der Waals surface area contributed by atoms with Crippen molar-refractivity contribution in [2.45, 2.75) is 52.3 Å². The van der Waals surface area contributed by atoms with E-state index in [2.05, 4.69) is 25.5 Å². The third-order valence-corrected chi connectivity index (χ3v) is 7.55. The van der Waals surface area contributed by atoms with Gasteiger partial charge in [0.05, 0.1) is 28.4 Å². The smallest absolute Gasteiger partial charge is 0.355 e. The number of amides is 2. The molecule has 1 aliphatic heterocycles. The highest BCUT2D eigenvalue weighted by molar-refractivity contribution is 7.13. The van der Waals surface area contributed by atoms with Gasteiger partial charge in [-0.15, -0.1) is 11.3 Å². The molecule has 2 amide bonds. The van der Waals surface area contributed by atoms with Gasteiger partial charge in [0.2, 0.25) is 5.91 Å². The molecule has 0 bridgehead atoms. The summed E-state index contributed by atoms with van der Waals surface area (Å²) in [5.41, 5.74) is -0.814. The number of thiazole rings is 1. The molecule has 1 saturated heterocycles. The molecular weight excluding hydrogens is 574 g/mol. The number of nitrogens with one attached hydrogen (secondary N) is 2. The van der Waals surface area contributed by atoms with Gasteiger partial charge in [-0.3, -0.25) is 9.59 Å². The van der Waals surface area contributed by atoms with E-state index in [-0.39, 0.29) is 22.1 Å². The number of carbonyl (C=O) groups excluding carboxylic acids is 2. The number of hydrogen-bond acceptors (Lipinski definition) is 5. The van der Waals surface area contributed by atoms with Crippen molar-refractivity contribution in [3.63, 3.8) is 0 Å². The molecule has 1 aliphatic rings. The Kier molecular flexibility index (Phi) is 11.0. The minimum Gasteiger partial charge on any atom is -0.355 e. The summed E-state index contributed by atoms with van der Waals surface area (Å²) >= 11 is 13.3. The first-order valence-corrected chi connectivity index (χ1v) is 13.8. The van der Waals surface area contributed by atoms with Crippen molar-refractivity contribution in [3.05, 3.63) is 67.7 Å². The maximum atomic E-state index is 13.1. The third-order valence-electron chi connectivity index (χ3n) is 5.77. The van der Waals surface area contributed by atoms with Gasteiger partial charge < -0.3 is 15.5 Å². The molecule has 2 N–H and O–H groups in total. The van der Waals surface area contributed by atoms with Crippen molar-refractivity contribution < 1.29 is 22.8 Å². The Morgan fingerprint density at radius 2 is 1.95 bits per heavy atom.